The molecule has 27 heavy (non-hydrogen) atoms. The predicted octanol–water partition coefficient (Wildman–Crippen LogP) is 4.79. The van der Waals surface area contributed by atoms with Crippen LogP contribution in [0.3, 0.4) is 0 Å². The molecule has 7 nitrogen and oxygen atoms in total. The van der Waals surface area contributed by atoms with Gasteiger partial charge in [-0.15, -0.1) is 0 Å². The minimum Gasteiger partial charge on any atom is -0.328 e. The first-order valence-corrected chi connectivity index (χ1v) is 9.97. The standard InChI is InChI=1S/C17H17N5O2S3/c1-9-12(13(23)19-11-7-5-4-6-8-11)26-16(18-9)21-15(24)20-14-10(2)22(3)17(25)27-14/h4-8H,1-3H3,(H,19,23)(H2,18,20,21,24). The van der Waals surface area contributed by atoms with Gasteiger partial charge in [0.2, 0.25) is 0 Å². The molecule has 0 unspecified atom stereocenters. The van der Waals surface area contributed by atoms with Gasteiger partial charge in [-0.1, -0.05) is 40.9 Å². The van der Waals surface area contributed by atoms with Gasteiger partial charge in [-0.05, 0) is 38.2 Å². The maximum absolute atomic E-state index is 12.4. The highest BCUT2D eigenvalue weighted by atomic mass is 32.1. The highest BCUT2D eigenvalue weighted by Crippen LogP contribution is 2.26. The summed E-state index contributed by atoms with van der Waals surface area (Å²) < 4.78 is 2.50. The molecule has 0 aliphatic carbocycles. The summed E-state index contributed by atoms with van der Waals surface area (Å²) in [5, 5.41) is 9.27. The monoisotopic (exact) mass is 419 g/mol. The molecule has 0 saturated heterocycles. The van der Waals surface area contributed by atoms with Gasteiger partial charge in [0, 0.05) is 12.7 Å². The number of nitrogens with one attached hydrogen (secondary N) is 3. The van der Waals surface area contributed by atoms with Gasteiger partial charge in [0.05, 0.1) is 11.4 Å². The molecule has 0 aliphatic heterocycles. The molecule has 3 amide bonds. The van der Waals surface area contributed by atoms with Gasteiger partial charge >= 0.3 is 6.03 Å². The van der Waals surface area contributed by atoms with Crippen LogP contribution in [0.1, 0.15) is 21.1 Å². The number of aryl methyl sites for hydroxylation is 1. The van der Waals surface area contributed by atoms with E-state index in [0.29, 0.717) is 30.3 Å². The smallest absolute Gasteiger partial charge is 0.326 e. The fourth-order valence-electron chi connectivity index (χ4n) is 2.24. The Morgan fingerprint density at radius 1 is 1.07 bits per heavy atom. The van der Waals surface area contributed by atoms with Gasteiger partial charge in [0.15, 0.2) is 9.09 Å². The average Bonchev–Trinajstić information content (AvgIpc) is 3.10. The van der Waals surface area contributed by atoms with E-state index in [-0.39, 0.29) is 5.91 Å². The molecule has 1 aromatic carbocycles. The van der Waals surface area contributed by atoms with Crippen LogP contribution in [0, 0.1) is 17.8 Å². The van der Waals surface area contributed by atoms with Gasteiger partial charge < -0.3 is 9.88 Å². The van der Waals surface area contributed by atoms with Crippen LogP contribution in [0.5, 0.6) is 0 Å². The Morgan fingerprint density at radius 3 is 2.41 bits per heavy atom. The number of carbonyl (C=O) groups is 2. The van der Waals surface area contributed by atoms with Crippen LogP contribution < -0.4 is 16.0 Å². The lowest BCUT2D eigenvalue weighted by atomic mass is 10.3. The molecular weight excluding hydrogens is 402 g/mol. The second kappa shape index (κ2) is 7.99. The molecule has 0 fully saturated rings. The maximum atomic E-state index is 12.4. The van der Waals surface area contributed by atoms with E-state index in [2.05, 4.69) is 20.9 Å². The number of urea groups is 1. The summed E-state index contributed by atoms with van der Waals surface area (Å²) >= 11 is 7.64. The van der Waals surface area contributed by atoms with E-state index in [4.69, 9.17) is 12.2 Å². The Labute approximate surface area is 169 Å². The second-order valence-corrected chi connectivity index (χ2v) is 8.32. The largest absolute Gasteiger partial charge is 0.328 e. The summed E-state index contributed by atoms with van der Waals surface area (Å²) in [4.78, 5) is 29.4. The third-order valence-corrected chi connectivity index (χ3v) is 6.42. The van der Waals surface area contributed by atoms with Crippen molar-refractivity contribution in [3.63, 3.8) is 0 Å². The first-order valence-electron chi connectivity index (χ1n) is 7.93. The number of anilines is 3. The summed E-state index contributed by atoms with van der Waals surface area (Å²) in [5.74, 6) is -0.262. The predicted molar refractivity (Wildman–Crippen MR) is 113 cm³/mol. The lowest BCUT2D eigenvalue weighted by molar-refractivity contribution is 0.103. The number of para-hydroxylation sites is 1. The van der Waals surface area contributed by atoms with E-state index >= 15 is 0 Å². The zero-order chi connectivity index (χ0) is 19.6. The molecule has 0 spiro atoms. The average molecular weight is 420 g/mol. The molecule has 2 aromatic heterocycles. The molecule has 0 radical (unpaired) electrons. The van der Waals surface area contributed by atoms with Gasteiger partial charge in [0.1, 0.15) is 9.88 Å². The van der Waals surface area contributed by atoms with E-state index in [0.717, 1.165) is 17.0 Å². The second-order valence-electron chi connectivity index (χ2n) is 5.67. The van der Waals surface area contributed by atoms with Crippen LogP contribution in [-0.4, -0.2) is 21.5 Å². The van der Waals surface area contributed by atoms with Crippen molar-refractivity contribution in [3.05, 3.63) is 50.6 Å². The maximum Gasteiger partial charge on any atom is 0.326 e. The minimum absolute atomic E-state index is 0.262. The Hall–Kier alpha value is -2.56. The number of nitrogens with zero attached hydrogens (tertiary/aromatic N) is 2. The summed E-state index contributed by atoms with van der Waals surface area (Å²) in [5.41, 5.74) is 2.12. The summed E-state index contributed by atoms with van der Waals surface area (Å²) in [7, 11) is 1.85. The third-order valence-electron chi connectivity index (χ3n) is 3.78. The van der Waals surface area contributed by atoms with Crippen molar-refractivity contribution in [1.29, 1.82) is 0 Å². The number of rotatable bonds is 4. The fourth-order valence-corrected chi connectivity index (χ4v) is 4.36. The number of carbonyl (C=O) groups excluding carboxylic acids is 2. The topological polar surface area (TPSA) is 88.1 Å². The Balaban J connectivity index is 1.68. The van der Waals surface area contributed by atoms with Crippen molar-refractivity contribution >= 4 is 62.6 Å². The van der Waals surface area contributed by atoms with Gasteiger partial charge in [0.25, 0.3) is 5.91 Å². The van der Waals surface area contributed by atoms with E-state index in [1.807, 2.05) is 36.7 Å². The van der Waals surface area contributed by atoms with E-state index in [1.54, 1.807) is 19.1 Å². The highest BCUT2D eigenvalue weighted by Gasteiger charge is 2.17. The molecule has 0 bridgehead atoms. The van der Waals surface area contributed by atoms with Gasteiger partial charge in [-0.3, -0.25) is 15.4 Å². The normalized spacial score (nSPS) is 10.5. The lowest BCUT2D eigenvalue weighted by Gasteiger charge is -2.04. The fraction of sp³-hybridized carbons (Fsp3) is 0.176. The van der Waals surface area contributed by atoms with Gasteiger partial charge in [-0.2, -0.15) is 0 Å². The molecule has 10 heteroatoms. The quantitative estimate of drug-likeness (QED) is 0.531. The first kappa shape index (κ1) is 19.2. The highest BCUT2D eigenvalue weighted by molar-refractivity contribution is 7.73. The third kappa shape index (κ3) is 4.41. The van der Waals surface area contributed by atoms with Crippen LogP contribution >= 0.6 is 34.9 Å². The number of thiazole rings is 2. The van der Waals surface area contributed by atoms with Crippen LogP contribution in [-0.2, 0) is 7.05 Å². The van der Waals surface area contributed by atoms with Crippen LogP contribution in [0.25, 0.3) is 0 Å². The van der Waals surface area contributed by atoms with Gasteiger partial charge in [-0.25, -0.2) is 9.78 Å². The number of amides is 3. The van der Waals surface area contributed by atoms with Crippen LogP contribution in [0.15, 0.2) is 30.3 Å². The van der Waals surface area contributed by atoms with Crippen LogP contribution in [0.2, 0.25) is 0 Å². The minimum atomic E-state index is -0.432. The zero-order valence-corrected chi connectivity index (χ0v) is 17.3. The summed E-state index contributed by atoms with van der Waals surface area (Å²) in [6.45, 7) is 3.61. The number of aromatic nitrogens is 2. The molecular formula is C17H17N5O2S3. The van der Waals surface area contributed by atoms with Crippen molar-refractivity contribution < 1.29 is 9.59 Å². The first-order chi connectivity index (χ1) is 12.8. The summed E-state index contributed by atoms with van der Waals surface area (Å²) in [6, 6.07) is 8.73. The molecule has 0 aliphatic rings. The number of hydrogen-bond donors (Lipinski definition) is 3. The number of hydrogen-bond acceptors (Lipinski definition) is 6. The molecule has 0 saturated carbocycles. The lowest BCUT2D eigenvalue weighted by Crippen LogP contribution is -2.19. The Bertz CT molecular complexity index is 1050. The Kier molecular flexibility index (Phi) is 5.68. The van der Waals surface area contributed by atoms with E-state index in [1.165, 1.54) is 11.3 Å². The van der Waals surface area contributed by atoms with E-state index in [9.17, 15) is 9.59 Å². The van der Waals surface area contributed by atoms with Crippen molar-refractivity contribution in [2.75, 3.05) is 16.0 Å². The Morgan fingerprint density at radius 2 is 1.78 bits per heavy atom. The molecule has 140 valence electrons. The van der Waals surface area contributed by atoms with Crippen molar-refractivity contribution in [3.8, 4) is 0 Å². The molecule has 3 rings (SSSR count). The summed E-state index contributed by atoms with van der Waals surface area (Å²) in [6.07, 6.45) is 0. The molecule has 0 atom stereocenters. The molecule has 3 aromatic rings. The zero-order valence-electron chi connectivity index (χ0n) is 14.8. The van der Waals surface area contributed by atoms with Crippen molar-refractivity contribution in [2.45, 2.75) is 13.8 Å². The molecule has 3 N–H and O–H groups in total. The molecule has 2 heterocycles. The van der Waals surface area contributed by atoms with Crippen LogP contribution in [0.4, 0.5) is 20.6 Å². The van der Waals surface area contributed by atoms with Crippen molar-refractivity contribution in [1.82, 2.24) is 9.55 Å². The van der Waals surface area contributed by atoms with E-state index < -0.39 is 6.03 Å². The SMILES string of the molecule is Cc1nc(NC(=O)Nc2sc(=S)n(C)c2C)sc1C(=O)Nc1ccccc1. The number of benzene rings is 1. The van der Waals surface area contributed by atoms with Crippen molar-refractivity contribution in [2.24, 2.45) is 7.05 Å².